The van der Waals surface area contributed by atoms with E-state index in [2.05, 4.69) is 16.0 Å². The summed E-state index contributed by atoms with van der Waals surface area (Å²) in [6.45, 7) is 2.73. The summed E-state index contributed by atoms with van der Waals surface area (Å²) in [5, 5.41) is 16.5. The first-order valence-electron chi connectivity index (χ1n) is 7.30. The van der Waals surface area contributed by atoms with Gasteiger partial charge >= 0.3 is 12.2 Å². The average molecular weight is 309 g/mol. The molecule has 4 N–H and O–H groups in total. The molecule has 0 unspecified atom stereocenters. The second kappa shape index (κ2) is 11.4. The third-order valence-corrected chi connectivity index (χ3v) is 2.82. The van der Waals surface area contributed by atoms with Crippen LogP contribution in [0.3, 0.4) is 0 Å². The van der Waals surface area contributed by atoms with Crippen molar-refractivity contribution in [3.63, 3.8) is 0 Å². The van der Waals surface area contributed by atoms with Crippen LogP contribution in [0.4, 0.5) is 9.59 Å². The van der Waals surface area contributed by atoms with Gasteiger partial charge in [0.15, 0.2) is 0 Å². The van der Waals surface area contributed by atoms with E-state index in [4.69, 9.17) is 9.84 Å². The molecule has 0 saturated carbocycles. The number of benzene rings is 1. The fourth-order valence-electron chi connectivity index (χ4n) is 1.71. The lowest BCUT2D eigenvalue weighted by Gasteiger charge is -2.08. The number of hydrogen-bond acceptors (Lipinski definition) is 4. The van der Waals surface area contributed by atoms with Crippen molar-refractivity contribution in [2.75, 3.05) is 26.2 Å². The van der Waals surface area contributed by atoms with Crippen LogP contribution >= 0.6 is 0 Å². The Morgan fingerprint density at radius 2 is 1.59 bits per heavy atom. The minimum atomic E-state index is -1.00. The van der Waals surface area contributed by atoms with Gasteiger partial charge in [0.25, 0.3) is 0 Å². The lowest BCUT2D eigenvalue weighted by atomic mass is 10.2. The van der Waals surface area contributed by atoms with Gasteiger partial charge in [-0.3, -0.25) is 0 Å². The Balaban J connectivity index is 1.89. The molecule has 1 aromatic rings. The van der Waals surface area contributed by atoms with Gasteiger partial charge < -0.3 is 25.8 Å². The van der Waals surface area contributed by atoms with Crippen LogP contribution < -0.4 is 16.0 Å². The molecular weight excluding hydrogens is 286 g/mol. The molecule has 0 atom stereocenters. The monoisotopic (exact) mass is 309 g/mol. The number of carbonyl (C=O) groups is 2. The van der Waals surface area contributed by atoms with Gasteiger partial charge in [-0.15, -0.1) is 0 Å². The molecule has 0 heterocycles. The van der Waals surface area contributed by atoms with E-state index < -0.39 is 12.2 Å². The van der Waals surface area contributed by atoms with Crippen molar-refractivity contribution in [2.24, 2.45) is 0 Å². The highest BCUT2D eigenvalue weighted by atomic mass is 16.5. The van der Waals surface area contributed by atoms with Crippen LogP contribution in [0.5, 0.6) is 0 Å². The van der Waals surface area contributed by atoms with Gasteiger partial charge in [0, 0.05) is 13.1 Å². The first kappa shape index (κ1) is 17.8. The largest absolute Gasteiger partial charge is 0.465 e. The Morgan fingerprint density at radius 3 is 2.23 bits per heavy atom. The number of nitrogens with one attached hydrogen (secondary N) is 3. The van der Waals surface area contributed by atoms with Crippen LogP contribution in [0, 0.1) is 0 Å². The van der Waals surface area contributed by atoms with Gasteiger partial charge in [-0.25, -0.2) is 9.59 Å². The number of amides is 2. The molecule has 7 heteroatoms. The zero-order chi connectivity index (χ0) is 16.0. The second-order valence-electron chi connectivity index (χ2n) is 4.68. The van der Waals surface area contributed by atoms with Crippen LogP contribution in [0.2, 0.25) is 0 Å². The van der Waals surface area contributed by atoms with Crippen molar-refractivity contribution >= 4 is 12.2 Å². The number of hydrogen-bond donors (Lipinski definition) is 4. The molecule has 0 radical (unpaired) electrons. The fraction of sp³-hybridized carbons (Fsp3) is 0.467. The molecule has 1 aromatic carbocycles. The highest BCUT2D eigenvalue weighted by Crippen LogP contribution is 2.00. The van der Waals surface area contributed by atoms with Gasteiger partial charge in [-0.05, 0) is 31.5 Å². The standard InChI is InChI=1S/C15H23N3O4/c19-14(20)17-10-4-8-16-9-5-11-18-15(21)22-12-13-6-2-1-3-7-13/h1-3,6-7,16-17H,4-5,8-12H2,(H,18,21)(H,19,20). The molecule has 0 bridgehead atoms. The number of alkyl carbamates (subject to hydrolysis) is 1. The topological polar surface area (TPSA) is 99.7 Å². The van der Waals surface area contributed by atoms with E-state index in [-0.39, 0.29) is 6.61 Å². The summed E-state index contributed by atoms with van der Waals surface area (Å²) in [6.07, 6.45) is 0.0961. The minimum Gasteiger partial charge on any atom is -0.465 e. The van der Waals surface area contributed by atoms with Crippen molar-refractivity contribution in [1.29, 1.82) is 0 Å². The molecule has 2 amide bonds. The van der Waals surface area contributed by atoms with E-state index in [9.17, 15) is 9.59 Å². The molecule has 0 aliphatic rings. The maximum absolute atomic E-state index is 11.4. The van der Waals surface area contributed by atoms with Crippen molar-refractivity contribution in [3.05, 3.63) is 35.9 Å². The Kier molecular flexibility index (Phi) is 9.20. The van der Waals surface area contributed by atoms with E-state index >= 15 is 0 Å². The number of ether oxygens (including phenoxy) is 1. The minimum absolute atomic E-state index is 0.265. The molecule has 0 fully saturated rings. The number of carboxylic acid groups (broad SMARTS) is 1. The van der Waals surface area contributed by atoms with Crippen molar-refractivity contribution in [2.45, 2.75) is 19.4 Å². The second-order valence-corrected chi connectivity index (χ2v) is 4.68. The first-order chi connectivity index (χ1) is 10.7. The predicted octanol–water partition coefficient (Wildman–Crippen LogP) is 1.55. The van der Waals surface area contributed by atoms with Crippen molar-refractivity contribution < 1.29 is 19.4 Å². The molecule has 122 valence electrons. The van der Waals surface area contributed by atoms with E-state index in [1.807, 2.05) is 30.3 Å². The molecule has 0 aliphatic heterocycles. The maximum Gasteiger partial charge on any atom is 0.407 e. The lowest BCUT2D eigenvalue weighted by Crippen LogP contribution is -2.29. The Bertz CT molecular complexity index is 440. The summed E-state index contributed by atoms with van der Waals surface area (Å²) < 4.78 is 5.08. The predicted molar refractivity (Wildman–Crippen MR) is 82.8 cm³/mol. The van der Waals surface area contributed by atoms with E-state index in [0.717, 1.165) is 31.5 Å². The highest BCUT2D eigenvalue weighted by molar-refractivity contribution is 5.67. The summed E-state index contributed by atoms with van der Waals surface area (Å²) in [6, 6.07) is 9.50. The highest BCUT2D eigenvalue weighted by Gasteiger charge is 2.01. The quantitative estimate of drug-likeness (QED) is 0.491. The summed E-state index contributed by atoms with van der Waals surface area (Å²) in [5.41, 5.74) is 0.953. The molecule has 22 heavy (non-hydrogen) atoms. The zero-order valence-electron chi connectivity index (χ0n) is 12.5. The van der Waals surface area contributed by atoms with E-state index in [1.165, 1.54) is 0 Å². The summed E-state index contributed by atoms with van der Waals surface area (Å²) in [4.78, 5) is 21.6. The molecule has 0 spiro atoms. The van der Waals surface area contributed by atoms with E-state index in [1.54, 1.807) is 0 Å². The summed E-state index contributed by atoms with van der Waals surface area (Å²) >= 11 is 0. The first-order valence-corrected chi connectivity index (χ1v) is 7.30. The third-order valence-electron chi connectivity index (χ3n) is 2.82. The Hall–Kier alpha value is -2.28. The van der Waals surface area contributed by atoms with Gasteiger partial charge in [-0.1, -0.05) is 30.3 Å². The van der Waals surface area contributed by atoms with Crippen LogP contribution in [-0.4, -0.2) is 43.5 Å². The van der Waals surface area contributed by atoms with Gasteiger partial charge in [-0.2, -0.15) is 0 Å². The average Bonchev–Trinajstić information content (AvgIpc) is 2.52. The van der Waals surface area contributed by atoms with Crippen LogP contribution in [0.25, 0.3) is 0 Å². The normalized spacial score (nSPS) is 10.0. The van der Waals surface area contributed by atoms with E-state index in [0.29, 0.717) is 13.1 Å². The Labute approximate surface area is 130 Å². The van der Waals surface area contributed by atoms with Crippen LogP contribution in [0.15, 0.2) is 30.3 Å². The molecule has 0 saturated heterocycles. The zero-order valence-corrected chi connectivity index (χ0v) is 12.5. The van der Waals surface area contributed by atoms with Gasteiger partial charge in [0.2, 0.25) is 0 Å². The smallest absolute Gasteiger partial charge is 0.407 e. The van der Waals surface area contributed by atoms with Gasteiger partial charge in [0.05, 0.1) is 0 Å². The molecule has 7 nitrogen and oxygen atoms in total. The van der Waals surface area contributed by atoms with Crippen molar-refractivity contribution in [3.8, 4) is 0 Å². The molecule has 1 rings (SSSR count). The lowest BCUT2D eigenvalue weighted by molar-refractivity contribution is 0.139. The number of rotatable bonds is 10. The van der Waals surface area contributed by atoms with Crippen LogP contribution in [0.1, 0.15) is 18.4 Å². The fourth-order valence-corrected chi connectivity index (χ4v) is 1.71. The molecular formula is C15H23N3O4. The number of carbonyl (C=O) groups excluding carboxylic acids is 1. The Morgan fingerprint density at radius 1 is 0.955 bits per heavy atom. The third kappa shape index (κ3) is 9.60. The van der Waals surface area contributed by atoms with Crippen molar-refractivity contribution in [1.82, 2.24) is 16.0 Å². The van der Waals surface area contributed by atoms with Crippen LogP contribution in [-0.2, 0) is 11.3 Å². The molecule has 0 aromatic heterocycles. The summed E-state index contributed by atoms with van der Waals surface area (Å²) in [5.74, 6) is 0. The maximum atomic E-state index is 11.4. The SMILES string of the molecule is O=C(O)NCCCNCCCNC(=O)OCc1ccccc1. The summed E-state index contributed by atoms with van der Waals surface area (Å²) in [7, 11) is 0. The van der Waals surface area contributed by atoms with Gasteiger partial charge in [0.1, 0.15) is 6.61 Å². The molecule has 0 aliphatic carbocycles.